The van der Waals surface area contributed by atoms with Crippen LogP contribution in [-0.2, 0) is 14.8 Å². The topological polar surface area (TPSA) is 79.4 Å². The molecule has 0 spiro atoms. The van der Waals surface area contributed by atoms with Gasteiger partial charge in [-0.1, -0.05) is 31.5 Å². The van der Waals surface area contributed by atoms with Gasteiger partial charge in [-0.15, -0.1) is 11.3 Å². The summed E-state index contributed by atoms with van der Waals surface area (Å²) in [6, 6.07) is 6.87. The number of amides is 1. The van der Waals surface area contributed by atoms with E-state index in [2.05, 4.69) is 24.1 Å². The zero-order chi connectivity index (χ0) is 19.6. The lowest BCUT2D eigenvalue weighted by Crippen LogP contribution is -2.41. The molecule has 1 saturated heterocycles. The Hall–Kier alpha value is -1.77. The Balaban J connectivity index is 1.59. The van der Waals surface area contributed by atoms with Crippen molar-refractivity contribution in [3.05, 3.63) is 40.9 Å². The molecule has 2 heterocycles. The monoisotopic (exact) mass is 407 g/mol. The average Bonchev–Trinajstić information content (AvgIpc) is 3.11. The molecule has 0 unspecified atom stereocenters. The van der Waals surface area contributed by atoms with Crippen LogP contribution >= 0.6 is 11.3 Å². The first-order valence-electron chi connectivity index (χ1n) is 9.10. The Bertz CT molecular complexity index is 897. The first kappa shape index (κ1) is 20.0. The second-order valence-electron chi connectivity index (χ2n) is 7.21. The molecule has 1 aromatic carbocycles. The third kappa shape index (κ3) is 4.56. The Morgan fingerprint density at radius 3 is 2.41 bits per heavy atom. The molecule has 0 saturated carbocycles. The predicted octanol–water partition coefficient (Wildman–Crippen LogP) is 3.61. The number of nitrogens with zero attached hydrogens (tertiary/aromatic N) is 2. The summed E-state index contributed by atoms with van der Waals surface area (Å²) in [6.07, 6.45) is 1.03. The summed E-state index contributed by atoms with van der Waals surface area (Å²) in [7, 11) is -3.50. The second kappa shape index (κ2) is 8.08. The molecular weight excluding hydrogens is 382 g/mol. The molecule has 8 heteroatoms. The Morgan fingerprint density at radius 2 is 1.85 bits per heavy atom. The van der Waals surface area contributed by atoms with E-state index in [1.807, 2.05) is 12.3 Å². The van der Waals surface area contributed by atoms with Crippen molar-refractivity contribution in [2.24, 2.45) is 5.92 Å². The van der Waals surface area contributed by atoms with Crippen molar-refractivity contribution in [3.8, 4) is 0 Å². The van der Waals surface area contributed by atoms with Crippen LogP contribution in [0.1, 0.15) is 43.9 Å². The summed E-state index contributed by atoms with van der Waals surface area (Å²) in [5, 5.41) is 5.44. The molecule has 27 heavy (non-hydrogen) atoms. The molecule has 1 fully saturated rings. The normalized spacial score (nSPS) is 16.6. The van der Waals surface area contributed by atoms with Crippen molar-refractivity contribution >= 4 is 32.4 Å². The Morgan fingerprint density at radius 1 is 1.22 bits per heavy atom. The molecule has 3 rings (SSSR count). The molecule has 1 N–H and O–H groups in total. The van der Waals surface area contributed by atoms with E-state index < -0.39 is 10.0 Å². The van der Waals surface area contributed by atoms with Crippen LogP contribution in [0.3, 0.4) is 0 Å². The van der Waals surface area contributed by atoms with Gasteiger partial charge in [0.1, 0.15) is 0 Å². The zero-order valence-corrected chi connectivity index (χ0v) is 17.4. The average molecular weight is 408 g/mol. The van der Waals surface area contributed by atoms with Crippen molar-refractivity contribution in [1.29, 1.82) is 0 Å². The quantitative estimate of drug-likeness (QED) is 0.821. The fourth-order valence-corrected chi connectivity index (χ4v) is 5.38. The maximum atomic E-state index is 12.7. The highest BCUT2D eigenvalue weighted by Gasteiger charge is 2.32. The first-order valence-corrected chi connectivity index (χ1v) is 11.4. The highest BCUT2D eigenvalue weighted by Crippen LogP contribution is 2.26. The highest BCUT2D eigenvalue weighted by atomic mass is 32.2. The maximum absolute atomic E-state index is 12.7. The summed E-state index contributed by atoms with van der Waals surface area (Å²) >= 11 is 1.42. The fraction of sp³-hybridized carbons (Fsp3) is 0.474. The Labute approximate surface area is 164 Å². The number of rotatable bonds is 5. The summed E-state index contributed by atoms with van der Waals surface area (Å²) < 4.78 is 27.0. The van der Waals surface area contributed by atoms with Gasteiger partial charge in [-0.2, -0.15) is 4.31 Å². The van der Waals surface area contributed by atoms with Gasteiger partial charge in [-0.05, 0) is 37.8 Å². The summed E-state index contributed by atoms with van der Waals surface area (Å²) in [4.78, 5) is 17.2. The van der Waals surface area contributed by atoms with Crippen LogP contribution in [0.4, 0.5) is 5.13 Å². The SMILES string of the molecule is Cc1ccc(S(=O)(=O)N2CCC(C(=O)Nc3nc(C(C)C)cs3)CC2)cc1. The lowest BCUT2D eigenvalue weighted by atomic mass is 9.97. The molecule has 1 aromatic heterocycles. The first-order chi connectivity index (χ1) is 12.8. The van der Waals surface area contributed by atoms with E-state index in [0.717, 1.165) is 11.3 Å². The van der Waals surface area contributed by atoms with Crippen LogP contribution in [-0.4, -0.2) is 36.7 Å². The molecule has 0 atom stereocenters. The molecule has 2 aromatic rings. The van der Waals surface area contributed by atoms with Crippen LogP contribution in [0.15, 0.2) is 34.5 Å². The van der Waals surface area contributed by atoms with Gasteiger partial charge < -0.3 is 5.32 Å². The number of hydrogen-bond donors (Lipinski definition) is 1. The van der Waals surface area contributed by atoms with Crippen molar-refractivity contribution in [2.45, 2.75) is 44.4 Å². The van der Waals surface area contributed by atoms with E-state index in [1.54, 1.807) is 24.3 Å². The summed E-state index contributed by atoms with van der Waals surface area (Å²) in [5.74, 6) is 0.0510. The van der Waals surface area contributed by atoms with Crippen molar-refractivity contribution in [1.82, 2.24) is 9.29 Å². The summed E-state index contributed by atoms with van der Waals surface area (Å²) in [5.41, 5.74) is 1.99. The van der Waals surface area contributed by atoms with Gasteiger partial charge in [0, 0.05) is 24.4 Å². The predicted molar refractivity (Wildman–Crippen MR) is 107 cm³/mol. The molecule has 1 amide bonds. The van der Waals surface area contributed by atoms with Gasteiger partial charge in [0.25, 0.3) is 0 Å². The molecule has 6 nitrogen and oxygen atoms in total. The highest BCUT2D eigenvalue weighted by molar-refractivity contribution is 7.89. The molecule has 1 aliphatic heterocycles. The number of piperidine rings is 1. The summed E-state index contributed by atoms with van der Waals surface area (Å²) in [6.45, 7) is 6.75. The third-order valence-electron chi connectivity index (χ3n) is 4.83. The van der Waals surface area contributed by atoms with E-state index in [9.17, 15) is 13.2 Å². The number of benzene rings is 1. The smallest absolute Gasteiger partial charge is 0.243 e. The maximum Gasteiger partial charge on any atom is 0.243 e. The van der Waals surface area contributed by atoms with Gasteiger partial charge in [0.2, 0.25) is 15.9 Å². The van der Waals surface area contributed by atoms with Gasteiger partial charge in [-0.25, -0.2) is 13.4 Å². The largest absolute Gasteiger partial charge is 0.302 e. The number of aromatic nitrogens is 1. The molecule has 0 radical (unpaired) electrons. The number of carbonyl (C=O) groups excluding carboxylic acids is 1. The minimum Gasteiger partial charge on any atom is -0.302 e. The van der Waals surface area contributed by atoms with Gasteiger partial charge >= 0.3 is 0 Å². The molecule has 0 bridgehead atoms. The van der Waals surface area contributed by atoms with Crippen LogP contribution in [0.25, 0.3) is 0 Å². The number of aryl methyl sites for hydroxylation is 1. The molecule has 146 valence electrons. The number of nitrogens with one attached hydrogen (secondary N) is 1. The Kier molecular flexibility index (Phi) is 5.98. The van der Waals surface area contributed by atoms with E-state index in [4.69, 9.17) is 0 Å². The van der Waals surface area contributed by atoms with E-state index >= 15 is 0 Å². The van der Waals surface area contributed by atoms with Crippen LogP contribution in [0.2, 0.25) is 0 Å². The minimum absolute atomic E-state index is 0.0768. The number of carbonyl (C=O) groups is 1. The molecule has 0 aliphatic carbocycles. The van der Waals surface area contributed by atoms with Crippen LogP contribution in [0, 0.1) is 12.8 Å². The number of sulfonamides is 1. The number of thiazole rings is 1. The standard InChI is InChI=1S/C19H25N3O3S2/c1-13(2)17-12-26-19(20-17)21-18(23)15-8-10-22(11-9-15)27(24,25)16-6-4-14(3)5-7-16/h4-7,12-13,15H,8-11H2,1-3H3,(H,20,21,23). The number of hydrogen-bond acceptors (Lipinski definition) is 5. The van der Waals surface area contributed by atoms with E-state index in [-0.39, 0.29) is 11.8 Å². The van der Waals surface area contributed by atoms with Crippen molar-refractivity contribution in [3.63, 3.8) is 0 Å². The van der Waals surface area contributed by atoms with Crippen molar-refractivity contribution in [2.75, 3.05) is 18.4 Å². The number of anilines is 1. The van der Waals surface area contributed by atoms with E-state index in [1.165, 1.54) is 15.6 Å². The molecule has 1 aliphatic rings. The van der Waals surface area contributed by atoms with Crippen LogP contribution < -0.4 is 5.32 Å². The lowest BCUT2D eigenvalue weighted by Gasteiger charge is -2.30. The van der Waals surface area contributed by atoms with Gasteiger partial charge in [-0.3, -0.25) is 4.79 Å². The van der Waals surface area contributed by atoms with E-state index in [0.29, 0.717) is 41.9 Å². The van der Waals surface area contributed by atoms with Gasteiger partial charge in [0.15, 0.2) is 5.13 Å². The molecular formula is C19H25N3O3S2. The van der Waals surface area contributed by atoms with Gasteiger partial charge in [0.05, 0.1) is 10.6 Å². The zero-order valence-electron chi connectivity index (χ0n) is 15.8. The van der Waals surface area contributed by atoms with Crippen LogP contribution in [0.5, 0.6) is 0 Å². The second-order valence-corrected chi connectivity index (χ2v) is 10.0. The minimum atomic E-state index is -3.50. The van der Waals surface area contributed by atoms with Crippen molar-refractivity contribution < 1.29 is 13.2 Å². The fourth-order valence-electron chi connectivity index (χ4n) is 3.03. The third-order valence-corrected chi connectivity index (χ3v) is 7.52. The lowest BCUT2D eigenvalue weighted by molar-refractivity contribution is -0.120.